The zero-order valence-corrected chi connectivity index (χ0v) is 18.6. The molecule has 1 spiro atoms. The lowest BCUT2D eigenvalue weighted by Crippen LogP contribution is -2.49. The molecule has 0 radical (unpaired) electrons. The first kappa shape index (κ1) is 20.2. The van der Waals surface area contributed by atoms with Crippen LogP contribution in [0.15, 0.2) is 72.8 Å². The highest BCUT2D eigenvalue weighted by Gasteiger charge is 2.60. The highest BCUT2D eigenvalue weighted by atomic mass is 35.5. The molecule has 1 fully saturated rings. The lowest BCUT2D eigenvalue weighted by Gasteiger charge is -2.33. The quantitative estimate of drug-likeness (QED) is 0.537. The molecule has 0 aromatic heterocycles. The molecule has 0 saturated carbocycles. The van der Waals surface area contributed by atoms with E-state index in [4.69, 9.17) is 11.6 Å². The summed E-state index contributed by atoms with van der Waals surface area (Å²) in [7, 11) is 0. The minimum absolute atomic E-state index is 0.0465. The molecule has 0 bridgehead atoms. The van der Waals surface area contributed by atoms with Crippen LogP contribution in [0.25, 0.3) is 0 Å². The standard InChI is InChI=1S/C25H21ClN2O2S/c1-2-17-6-5-7-20(14-17)28-23(29)16-31-25(28)21-8-3-4-9-22(21)27(24(25)30)15-18-10-12-19(26)13-11-18/h3-14H,2,15-16H2,1H3. The summed E-state index contributed by atoms with van der Waals surface area (Å²) in [5.74, 6) is 0.140. The topological polar surface area (TPSA) is 40.6 Å². The zero-order valence-electron chi connectivity index (χ0n) is 17.0. The second kappa shape index (κ2) is 7.74. The third kappa shape index (κ3) is 3.15. The van der Waals surface area contributed by atoms with E-state index in [1.807, 2.05) is 72.8 Å². The van der Waals surface area contributed by atoms with Crippen molar-refractivity contribution < 1.29 is 9.59 Å². The molecule has 2 amide bonds. The summed E-state index contributed by atoms with van der Waals surface area (Å²) in [5.41, 5.74) is 4.60. The fraction of sp³-hybridized carbons (Fsp3) is 0.200. The molecule has 156 valence electrons. The Morgan fingerprint density at radius 1 is 0.968 bits per heavy atom. The van der Waals surface area contributed by atoms with Crippen molar-refractivity contribution in [3.8, 4) is 0 Å². The molecular weight excluding hydrogens is 428 g/mol. The van der Waals surface area contributed by atoms with E-state index >= 15 is 0 Å². The molecule has 1 saturated heterocycles. The highest BCUT2D eigenvalue weighted by molar-refractivity contribution is 8.02. The van der Waals surface area contributed by atoms with Crippen molar-refractivity contribution in [2.45, 2.75) is 24.8 Å². The van der Waals surface area contributed by atoms with E-state index in [1.54, 1.807) is 9.80 Å². The van der Waals surface area contributed by atoms with E-state index in [2.05, 4.69) is 6.92 Å². The number of rotatable bonds is 4. The van der Waals surface area contributed by atoms with Crippen LogP contribution < -0.4 is 9.80 Å². The number of carbonyl (C=O) groups is 2. The van der Waals surface area contributed by atoms with Gasteiger partial charge in [0.2, 0.25) is 10.8 Å². The molecule has 3 aromatic carbocycles. The second-order valence-electron chi connectivity index (χ2n) is 7.72. The molecule has 2 aliphatic rings. The van der Waals surface area contributed by atoms with Gasteiger partial charge in [-0.3, -0.25) is 14.5 Å². The Kier molecular flexibility index (Phi) is 5.03. The van der Waals surface area contributed by atoms with Crippen molar-refractivity contribution in [1.29, 1.82) is 0 Å². The lowest BCUT2D eigenvalue weighted by atomic mass is 10.0. The highest BCUT2D eigenvalue weighted by Crippen LogP contribution is 2.56. The zero-order chi connectivity index (χ0) is 21.6. The van der Waals surface area contributed by atoms with Gasteiger partial charge >= 0.3 is 0 Å². The molecule has 6 heteroatoms. The number of fused-ring (bicyclic) bond motifs is 2. The van der Waals surface area contributed by atoms with Crippen molar-refractivity contribution in [2.24, 2.45) is 0 Å². The van der Waals surface area contributed by atoms with E-state index in [0.29, 0.717) is 11.6 Å². The maximum atomic E-state index is 14.0. The Morgan fingerprint density at radius 2 is 1.74 bits per heavy atom. The first-order chi connectivity index (χ1) is 15.0. The normalized spacial score (nSPS) is 20.1. The first-order valence-electron chi connectivity index (χ1n) is 10.3. The Bertz CT molecular complexity index is 1180. The van der Waals surface area contributed by atoms with Gasteiger partial charge in [0.1, 0.15) is 0 Å². The van der Waals surface area contributed by atoms with Crippen LogP contribution in [0.3, 0.4) is 0 Å². The predicted molar refractivity (Wildman–Crippen MR) is 127 cm³/mol. The van der Waals surface area contributed by atoms with Gasteiger partial charge in [-0.1, -0.05) is 61.0 Å². The van der Waals surface area contributed by atoms with Crippen LogP contribution >= 0.6 is 23.4 Å². The van der Waals surface area contributed by atoms with Gasteiger partial charge < -0.3 is 4.90 Å². The SMILES string of the molecule is CCc1cccc(N2C(=O)CSC23C(=O)N(Cc2ccc(Cl)cc2)c2ccccc23)c1. The summed E-state index contributed by atoms with van der Waals surface area (Å²) in [5, 5.41) is 0.660. The van der Waals surface area contributed by atoms with E-state index in [-0.39, 0.29) is 17.6 Å². The Hall–Kier alpha value is -2.76. The number of hydrogen-bond donors (Lipinski definition) is 0. The minimum atomic E-state index is -1.08. The number of para-hydroxylation sites is 1. The summed E-state index contributed by atoms with van der Waals surface area (Å²) in [6.45, 7) is 2.51. The predicted octanol–water partition coefficient (Wildman–Crippen LogP) is 5.38. The van der Waals surface area contributed by atoms with Gasteiger partial charge in [0.25, 0.3) is 5.91 Å². The van der Waals surface area contributed by atoms with Gasteiger partial charge in [0.05, 0.1) is 18.0 Å². The number of benzene rings is 3. The molecule has 3 aromatic rings. The third-order valence-corrected chi connectivity index (χ3v) is 7.53. The maximum Gasteiger partial charge on any atom is 0.269 e. The van der Waals surface area contributed by atoms with E-state index in [0.717, 1.165) is 34.5 Å². The van der Waals surface area contributed by atoms with Crippen molar-refractivity contribution in [1.82, 2.24) is 0 Å². The summed E-state index contributed by atoms with van der Waals surface area (Å²) in [6.07, 6.45) is 0.864. The molecule has 2 aliphatic heterocycles. The Labute approximate surface area is 190 Å². The Morgan fingerprint density at radius 3 is 2.52 bits per heavy atom. The number of aryl methyl sites for hydroxylation is 1. The van der Waals surface area contributed by atoms with E-state index in [9.17, 15) is 9.59 Å². The number of amides is 2. The molecule has 4 nitrogen and oxygen atoms in total. The molecule has 1 atom stereocenters. The van der Waals surface area contributed by atoms with Crippen molar-refractivity contribution in [2.75, 3.05) is 15.6 Å². The number of carbonyl (C=O) groups excluding carboxylic acids is 2. The lowest BCUT2D eigenvalue weighted by molar-refractivity contribution is -0.123. The first-order valence-corrected chi connectivity index (χ1v) is 11.6. The fourth-order valence-electron chi connectivity index (χ4n) is 4.40. The van der Waals surface area contributed by atoms with Crippen LogP contribution in [0.2, 0.25) is 5.02 Å². The number of nitrogens with zero attached hydrogens (tertiary/aromatic N) is 2. The second-order valence-corrected chi connectivity index (χ2v) is 9.32. The van der Waals surface area contributed by atoms with Crippen LogP contribution in [0.4, 0.5) is 11.4 Å². The average molecular weight is 449 g/mol. The van der Waals surface area contributed by atoms with Crippen LogP contribution in [0.5, 0.6) is 0 Å². The van der Waals surface area contributed by atoms with Crippen molar-refractivity contribution in [3.05, 3.63) is 94.5 Å². The summed E-state index contributed by atoms with van der Waals surface area (Å²) < 4.78 is 0. The fourth-order valence-corrected chi connectivity index (χ4v) is 5.89. The van der Waals surface area contributed by atoms with Crippen LogP contribution in [-0.2, 0) is 27.4 Å². The molecule has 5 rings (SSSR count). The third-order valence-electron chi connectivity index (χ3n) is 5.89. The van der Waals surface area contributed by atoms with Gasteiger partial charge in [-0.15, -0.1) is 11.8 Å². The maximum absolute atomic E-state index is 14.0. The number of thioether (sulfide) groups is 1. The van der Waals surface area contributed by atoms with Gasteiger partial charge in [0, 0.05) is 16.3 Å². The largest absolute Gasteiger partial charge is 0.304 e. The van der Waals surface area contributed by atoms with Crippen LogP contribution in [-0.4, -0.2) is 17.6 Å². The van der Waals surface area contributed by atoms with E-state index < -0.39 is 4.87 Å². The van der Waals surface area contributed by atoms with Gasteiger partial charge in [0.15, 0.2) is 0 Å². The van der Waals surface area contributed by atoms with Crippen molar-refractivity contribution >= 4 is 46.6 Å². The monoisotopic (exact) mass is 448 g/mol. The molecule has 0 N–H and O–H groups in total. The summed E-state index contributed by atoms with van der Waals surface area (Å²) in [4.78, 5) is 29.6. The average Bonchev–Trinajstić information content (AvgIpc) is 3.26. The Balaban J connectivity index is 1.63. The molecule has 31 heavy (non-hydrogen) atoms. The van der Waals surface area contributed by atoms with Gasteiger partial charge in [-0.2, -0.15) is 0 Å². The molecule has 0 aliphatic carbocycles. The summed E-state index contributed by atoms with van der Waals surface area (Å²) >= 11 is 7.44. The number of hydrogen-bond acceptors (Lipinski definition) is 3. The molecule has 2 heterocycles. The minimum Gasteiger partial charge on any atom is -0.304 e. The van der Waals surface area contributed by atoms with Crippen LogP contribution in [0.1, 0.15) is 23.6 Å². The number of halogens is 1. The summed E-state index contributed by atoms with van der Waals surface area (Å²) in [6, 6.07) is 23.2. The number of anilines is 2. The van der Waals surface area contributed by atoms with E-state index in [1.165, 1.54) is 11.8 Å². The van der Waals surface area contributed by atoms with Crippen molar-refractivity contribution in [3.63, 3.8) is 0 Å². The van der Waals surface area contributed by atoms with Gasteiger partial charge in [-0.25, -0.2) is 0 Å². The van der Waals surface area contributed by atoms with Gasteiger partial charge in [-0.05, 0) is 47.9 Å². The van der Waals surface area contributed by atoms with Crippen LogP contribution in [0, 0.1) is 0 Å². The smallest absolute Gasteiger partial charge is 0.269 e. The molecule has 1 unspecified atom stereocenters. The molecular formula is C25H21ClN2O2S.